The van der Waals surface area contributed by atoms with Crippen LogP contribution >= 0.6 is 0 Å². The van der Waals surface area contributed by atoms with Crippen molar-refractivity contribution in [2.75, 3.05) is 33.2 Å². The summed E-state index contributed by atoms with van der Waals surface area (Å²) < 4.78 is 0. The molecule has 2 fully saturated rings. The fraction of sp³-hybridized carbons (Fsp3) is 0.529. The van der Waals surface area contributed by atoms with Crippen LogP contribution in [0.25, 0.3) is 10.9 Å². The van der Waals surface area contributed by atoms with E-state index in [0.717, 1.165) is 6.54 Å². The van der Waals surface area contributed by atoms with E-state index in [2.05, 4.69) is 52.7 Å². The van der Waals surface area contributed by atoms with E-state index in [-0.39, 0.29) is 0 Å². The van der Waals surface area contributed by atoms with Crippen LogP contribution in [0.5, 0.6) is 0 Å². The quantitative estimate of drug-likeness (QED) is 0.833. The van der Waals surface area contributed by atoms with Gasteiger partial charge in [0, 0.05) is 36.1 Å². The van der Waals surface area contributed by atoms with E-state index in [9.17, 15) is 0 Å². The number of hydrogen-bond acceptors (Lipinski definition) is 2. The first-order valence-electron chi connectivity index (χ1n) is 7.74. The van der Waals surface area contributed by atoms with Gasteiger partial charge in [0.1, 0.15) is 0 Å². The van der Waals surface area contributed by atoms with Crippen LogP contribution in [0, 0.1) is 5.41 Å². The topological polar surface area (TPSA) is 31.1 Å². The number of benzene rings is 1. The molecule has 106 valence electrons. The average molecular weight is 269 g/mol. The van der Waals surface area contributed by atoms with E-state index >= 15 is 0 Å². The largest absolute Gasteiger partial charge is 0.361 e. The van der Waals surface area contributed by atoms with Crippen LogP contribution in [0.3, 0.4) is 0 Å². The molecule has 0 radical (unpaired) electrons. The monoisotopic (exact) mass is 269 g/mol. The van der Waals surface area contributed by atoms with Crippen molar-refractivity contribution in [2.45, 2.75) is 18.8 Å². The third-order valence-corrected chi connectivity index (χ3v) is 5.54. The summed E-state index contributed by atoms with van der Waals surface area (Å²) in [6.07, 6.45) is 4.89. The van der Waals surface area contributed by atoms with Crippen molar-refractivity contribution in [1.82, 2.24) is 15.2 Å². The second kappa shape index (κ2) is 4.61. The third-order valence-electron chi connectivity index (χ3n) is 5.54. The first kappa shape index (κ1) is 12.4. The van der Waals surface area contributed by atoms with Gasteiger partial charge in [-0.25, -0.2) is 0 Å². The molecule has 3 heteroatoms. The summed E-state index contributed by atoms with van der Waals surface area (Å²) in [7, 11) is 2.25. The maximum absolute atomic E-state index is 3.67. The molecule has 0 amide bonds. The molecule has 2 aromatic rings. The minimum absolute atomic E-state index is 0.470. The van der Waals surface area contributed by atoms with Crippen molar-refractivity contribution in [3.05, 3.63) is 36.0 Å². The molecule has 0 saturated carbocycles. The molecule has 0 bridgehead atoms. The van der Waals surface area contributed by atoms with Gasteiger partial charge in [-0.15, -0.1) is 0 Å². The van der Waals surface area contributed by atoms with Crippen LogP contribution in [0.2, 0.25) is 0 Å². The molecule has 2 N–H and O–H groups in total. The summed E-state index contributed by atoms with van der Waals surface area (Å²) in [6.45, 7) is 4.79. The molecular formula is C17H23N3. The Bertz CT molecular complexity index is 607. The highest BCUT2D eigenvalue weighted by molar-refractivity contribution is 5.83. The lowest BCUT2D eigenvalue weighted by Crippen LogP contribution is -2.41. The predicted molar refractivity (Wildman–Crippen MR) is 83.1 cm³/mol. The highest BCUT2D eigenvalue weighted by atomic mass is 15.1. The van der Waals surface area contributed by atoms with E-state index in [4.69, 9.17) is 0 Å². The number of aromatic amines is 1. The van der Waals surface area contributed by atoms with Gasteiger partial charge in [0.15, 0.2) is 0 Å². The Morgan fingerprint density at radius 1 is 1.20 bits per heavy atom. The lowest BCUT2D eigenvalue weighted by atomic mass is 9.68. The summed E-state index contributed by atoms with van der Waals surface area (Å²) in [5.74, 6) is 0.660. The van der Waals surface area contributed by atoms with Crippen molar-refractivity contribution in [3.63, 3.8) is 0 Å². The van der Waals surface area contributed by atoms with Gasteiger partial charge in [-0.1, -0.05) is 18.2 Å². The van der Waals surface area contributed by atoms with Gasteiger partial charge in [0.2, 0.25) is 0 Å². The zero-order chi connectivity index (χ0) is 13.6. The minimum Gasteiger partial charge on any atom is -0.361 e. The number of para-hydroxylation sites is 1. The number of fused-ring (bicyclic) bond motifs is 1. The number of nitrogens with zero attached hydrogens (tertiary/aromatic N) is 1. The van der Waals surface area contributed by atoms with Gasteiger partial charge in [0.05, 0.1) is 0 Å². The Morgan fingerprint density at radius 2 is 2.00 bits per heavy atom. The van der Waals surface area contributed by atoms with E-state index in [0.29, 0.717) is 11.3 Å². The average Bonchev–Trinajstić information content (AvgIpc) is 3.06. The van der Waals surface area contributed by atoms with Crippen LogP contribution in [-0.4, -0.2) is 43.1 Å². The second-order valence-corrected chi connectivity index (χ2v) is 6.64. The van der Waals surface area contributed by atoms with Gasteiger partial charge in [-0.3, -0.25) is 0 Å². The number of H-pyrrole nitrogens is 1. The van der Waals surface area contributed by atoms with Gasteiger partial charge < -0.3 is 15.2 Å². The van der Waals surface area contributed by atoms with E-state index < -0.39 is 0 Å². The van der Waals surface area contributed by atoms with Crippen molar-refractivity contribution in [1.29, 1.82) is 0 Å². The normalized spacial score (nSPS) is 26.6. The molecule has 20 heavy (non-hydrogen) atoms. The summed E-state index contributed by atoms with van der Waals surface area (Å²) in [5.41, 5.74) is 3.27. The molecule has 4 rings (SSSR count). The SMILES string of the molecule is CN1CCC2(CC1)CNCC2c1c[nH]c2ccccc12. The minimum atomic E-state index is 0.470. The molecule has 0 aliphatic carbocycles. The summed E-state index contributed by atoms with van der Waals surface area (Å²) in [6, 6.07) is 8.72. The van der Waals surface area contributed by atoms with Crippen LogP contribution < -0.4 is 5.32 Å². The fourth-order valence-electron chi connectivity index (χ4n) is 4.22. The lowest BCUT2D eigenvalue weighted by molar-refractivity contribution is 0.124. The smallest absolute Gasteiger partial charge is 0.0456 e. The van der Waals surface area contributed by atoms with Crippen molar-refractivity contribution >= 4 is 10.9 Å². The number of aromatic nitrogens is 1. The molecule has 2 saturated heterocycles. The van der Waals surface area contributed by atoms with Gasteiger partial charge >= 0.3 is 0 Å². The van der Waals surface area contributed by atoms with Gasteiger partial charge in [-0.2, -0.15) is 0 Å². The second-order valence-electron chi connectivity index (χ2n) is 6.64. The molecule has 1 atom stereocenters. The number of hydrogen-bond donors (Lipinski definition) is 2. The molecular weight excluding hydrogens is 246 g/mol. The molecule has 1 spiro atoms. The Hall–Kier alpha value is -1.32. The Labute approximate surface area is 120 Å². The fourth-order valence-corrected chi connectivity index (χ4v) is 4.22. The summed E-state index contributed by atoms with van der Waals surface area (Å²) in [4.78, 5) is 5.93. The zero-order valence-corrected chi connectivity index (χ0v) is 12.2. The van der Waals surface area contributed by atoms with Gasteiger partial charge in [-0.05, 0) is 50.0 Å². The maximum atomic E-state index is 3.67. The van der Waals surface area contributed by atoms with Crippen LogP contribution in [0.15, 0.2) is 30.5 Å². The standard InChI is InChI=1S/C17H23N3/c1-20-8-6-17(7-9-20)12-18-11-15(17)14-10-19-16-5-3-2-4-13(14)16/h2-5,10,15,18-19H,6-9,11-12H2,1H3. The number of piperidine rings is 1. The van der Waals surface area contributed by atoms with Crippen LogP contribution in [0.4, 0.5) is 0 Å². The van der Waals surface area contributed by atoms with Crippen LogP contribution in [-0.2, 0) is 0 Å². The van der Waals surface area contributed by atoms with Crippen molar-refractivity contribution in [3.8, 4) is 0 Å². The number of rotatable bonds is 1. The lowest BCUT2D eigenvalue weighted by Gasteiger charge is -2.41. The van der Waals surface area contributed by atoms with Gasteiger partial charge in [0.25, 0.3) is 0 Å². The molecule has 3 heterocycles. The summed E-state index contributed by atoms with van der Waals surface area (Å²) in [5, 5.41) is 5.08. The molecule has 1 unspecified atom stereocenters. The maximum Gasteiger partial charge on any atom is 0.0456 e. The Morgan fingerprint density at radius 3 is 2.85 bits per heavy atom. The number of likely N-dealkylation sites (tertiary alicyclic amines) is 1. The van der Waals surface area contributed by atoms with E-state index in [1.165, 1.54) is 48.9 Å². The van der Waals surface area contributed by atoms with Crippen molar-refractivity contribution in [2.24, 2.45) is 5.41 Å². The highest BCUT2D eigenvalue weighted by Crippen LogP contribution is 2.48. The highest BCUT2D eigenvalue weighted by Gasteiger charge is 2.45. The summed E-state index contributed by atoms with van der Waals surface area (Å²) >= 11 is 0. The number of nitrogens with one attached hydrogen (secondary N) is 2. The molecule has 2 aliphatic heterocycles. The molecule has 1 aromatic carbocycles. The van der Waals surface area contributed by atoms with E-state index in [1.54, 1.807) is 0 Å². The Kier molecular flexibility index (Phi) is 2.86. The first-order chi connectivity index (χ1) is 9.78. The van der Waals surface area contributed by atoms with E-state index in [1.807, 2.05) is 0 Å². The first-order valence-corrected chi connectivity index (χ1v) is 7.74. The Balaban J connectivity index is 1.73. The van der Waals surface area contributed by atoms with Crippen molar-refractivity contribution < 1.29 is 0 Å². The third kappa shape index (κ3) is 1.80. The van der Waals surface area contributed by atoms with Crippen LogP contribution in [0.1, 0.15) is 24.3 Å². The molecule has 1 aromatic heterocycles. The molecule has 3 nitrogen and oxygen atoms in total. The predicted octanol–water partition coefficient (Wildman–Crippen LogP) is 2.57. The molecule has 2 aliphatic rings. The zero-order valence-electron chi connectivity index (χ0n) is 12.2.